The number of benzene rings is 2. The number of nitrogens with one attached hydrogen (secondary N) is 1. The normalized spacial score (nSPS) is 20.7. The summed E-state index contributed by atoms with van der Waals surface area (Å²) in [5.74, 6) is 0.692. The molecule has 1 aromatic heterocycles. The van der Waals surface area contributed by atoms with Gasteiger partial charge in [-0.2, -0.15) is 0 Å². The van der Waals surface area contributed by atoms with E-state index in [2.05, 4.69) is 16.8 Å². The number of methoxy groups -OCH3 is 1. The van der Waals surface area contributed by atoms with E-state index in [9.17, 15) is 14.7 Å². The summed E-state index contributed by atoms with van der Waals surface area (Å²) in [5.41, 5.74) is 2.47. The second-order valence-electron chi connectivity index (χ2n) is 10.5. The molecule has 2 aliphatic heterocycles. The third-order valence-electron chi connectivity index (χ3n) is 8.05. The fourth-order valence-corrected chi connectivity index (χ4v) is 6.09. The summed E-state index contributed by atoms with van der Waals surface area (Å²) in [6.45, 7) is 9.91. The number of aromatic nitrogens is 1. The zero-order chi connectivity index (χ0) is 27.7. The van der Waals surface area contributed by atoms with Crippen LogP contribution in [0.2, 0.25) is 0 Å². The van der Waals surface area contributed by atoms with Gasteiger partial charge < -0.3 is 24.5 Å². The molecule has 5 rings (SSSR count). The summed E-state index contributed by atoms with van der Waals surface area (Å²) in [6, 6.07) is 12.0. The first-order valence-electron chi connectivity index (χ1n) is 13.7. The smallest absolute Gasteiger partial charge is 0.328 e. The van der Waals surface area contributed by atoms with Gasteiger partial charge in [0.15, 0.2) is 0 Å². The molecule has 208 valence electrons. The Kier molecular flexibility index (Phi) is 7.55. The Morgan fingerprint density at radius 3 is 2.69 bits per heavy atom. The van der Waals surface area contributed by atoms with Crippen LogP contribution in [0.25, 0.3) is 10.9 Å². The lowest BCUT2D eigenvalue weighted by Crippen LogP contribution is -2.53. The van der Waals surface area contributed by atoms with Crippen LogP contribution in [-0.2, 0) is 16.0 Å². The van der Waals surface area contributed by atoms with Crippen molar-refractivity contribution in [1.82, 2.24) is 19.7 Å². The van der Waals surface area contributed by atoms with Gasteiger partial charge in [0.25, 0.3) is 5.91 Å². The Morgan fingerprint density at radius 2 is 1.97 bits per heavy atom. The third-order valence-corrected chi connectivity index (χ3v) is 8.05. The Morgan fingerprint density at radius 1 is 1.15 bits per heavy atom. The lowest BCUT2D eigenvalue weighted by Gasteiger charge is -2.42. The van der Waals surface area contributed by atoms with Crippen molar-refractivity contribution >= 4 is 22.8 Å². The Balaban J connectivity index is 1.53. The van der Waals surface area contributed by atoms with Crippen LogP contribution in [0.1, 0.15) is 50.1 Å². The van der Waals surface area contributed by atoms with E-state index >= 15 is 0 Å². The van der Waals surface area contributed by atoms with Gasteiger partial charge in [0, 0.05) is 43.2 Å². The van der Waals surface area contributed by atoms with Crippen molar-refractivity contribution in [2.45, 2.75) is 45.2 Å². The molecule has 3 heterocycles. The number of rotatable bonds is 11. The zero-order valence-electron chi connectivity index (χ0n) is 23.2. The molecule has 9 heteroatoms. The second kappa shape index (κ2) is 10.9. The van der Waals surface area contributed by atoms with Gasteiger partial charge in [0.2, 0.25) is 0 Å². The number of amides is 3. The van der Waals surface area contributed by atoms with Gasteiger partial charge in [-0.15, -0.1) is 0 Å². The van der Waals surface area contributed by atoms with Gasteiger partial charge in [-0.3, -0.25) is 14.6 Å². The number of likely N-dealkylation sites (N-methyl/N-ethyl adjacent to an activating group) is 1. The summed E-state index contributed by atoms with van der Waals surface area (Å²) in [5, 5.41) is 11.3. The molecule has 1 fully saturated rings. The molecule has 39 heavy (non-hydrogen) atoms. The van der Waals surface area contributed by atoms with E-state index in [4.69, 9.17) is 9.47 Å². The largest absolute Gasteiger partial charge is 0.508 e. The quantitative estimate of drug-likeness (QED) is 0.356. The maximum Gasteiger partial charge on any atom is 0.328 e. The first-order valence-corrected chi connectivity index (χ1v) is 13.7. The number of phenolic OH excluding ortho intramolecular Hbond substituents is 1. The van der Waals surface area contributed by atoms with Crippen LogP contribution in [-0.4, -0.2) is 88.8 Å². The Hall–Kier alpha value is -3.56. The molecule has 3 amide bonds. The van der Waals surface area contributed by atoms with Gasteiger partial charge in [0.1, 0.15) is 23.1 Å². The number of aromatic hydroxyl groups is 1. The predicted molar refractivity (Wildman–Crippen MR) is 149 cm³/mol. The number of carbonyl (C=O) groups is 2. The van der Waals surface area contributed by atoms with E-state index in [0.717, 1.165) is 53.1 Å². The number of imide groups is 1. The van der Waals surface area contributed by atoms with Gasteiger partial charge in [-0.05, 0) is 74.8 Å². The Bertz CT molecular complexity index is 1370. The second-order valence-corrected chi connectivity index (χ2v) is 10.5. The third kappa shape index (κ3) is 4.74. The van der Waals surface area contributed by atoms with Gasteiger partial charge >= 0.3 is 6.03 Å². The summed E-state index contributed by atoms with van der Waals surface area (Å²) in [7, 11) is 1.69. The molecule has 2 aliphatic rings. The van der Waals surface area contributed by atoms with Crippen molar-refractivity contribution in [2.75, 3.05) is 46.5 Å². The number of H-pyrrole nitrogens is 1. The van der Waals surface area contributed by atoms with E-state index in [1.807, 2.05) is 38.1 Å². The number of phenols is 1. The molecule has 0 radical (unpaired) electrons. The minimum absolute atomic E-state index is 0.113. The highest BCUT2D eigenvalue weighted by Crippen LogP contribution is 2.49. The molecule has 2 aromatic carbocycles. The highest BCUT2D eigenvalue weighted by molar-refractivity contribution is 6.08. The minimum atomic E-state index is -1.06. The van der Waals surface area contributed by atoms with Crippen molar-refractivity contribution in [3.05, 3.63) is 59.3 Å². The molecule has 0 aliphatic carbocycles. The number of carbonyl (C=O) groups excluding carboxylic acids is 2. The molecular weight excluding hydrogens is 496 g/mol. The highest BCUT2D eigenvalue weighted by atomic mass is 16.5. The molecule has 0 unspecified atom stereocenters. The van der Waals surface area contributed by atoms with Crippen LogP contribution in [0, 0.1) is 0 Å². The van der Waals surface area contributed by atoms with E-state index in [1.54, 1.807) is 30.2 Å². The predicted octanol–water partition coefficient (Wildman–Crippen LogP) is 4.30. The molecule has 3 aromatic rings. The molecule has 2 atom stereocenters. The van der Waals surface area contributed by atoms with Crippen molar-refractivity contribution in [3.8, 4) is 11.5 Å². The Labute approximate surface area is 229 Å². The first-order chi connectivity index (χ1) is 18.8. The average Bonchev–Trinajstić information content (AvgIpc) is 3.36. The van der Waals surface area contributed by atoms with Crippen molar-refractivity contribution in [1.29, 1.82) is 0 Å². The van der Waals surface area contributed by atoms with Crippen LogP contribution in [0.3, 0.4) is 0 Å². The van der Waals surface area contributed by atoms with Crippen molar-refractivity contribution < 1.29 is 24.2 Å². The maximum atomic E-state index is 14.0. The number of hydrogen-bond donors (Lipinski definition) is 2. The van der Waals surface area contributed by atoms with Crippen LogP contribution >= 0.6 is 0 Å². The monoisotopic (exact) mass is 534 g/mol. The number of fused-ring (bicyclic) bond motifs is 4. The molecule has 0 bridgehead atoms. The van der Waals surface area contributed by atoms with Gasteiger partial charge in [-0.1, -0.05) is 19.1 Å². The van der Waals surface area contributed by atoms with Crippen molar-refractivity contribution in [3.63, 3.8) is 0 Å². The van der Waals surface area contributed by atoms with E-state index in [1.165, 1.54) is 4.90 Å². The van der Waals surface area contributed by atoms with Crippen LogP contribution in [0.15, 0.2) is 42.5 Å². The molecule has 2 N–H and O–H groups in total. The fraction of sp³-hybridized carbons (Fsp3) is 0.467. The summed E-state index contributed by atoms with van der Waals surface area (Å²) in [6.07, 6.45) is 1.07. The number of hydrogen-bond acceptors (Lipinski definition) is 6. The molecule has 0 spiro atoms. The summed E-state index contributed by atoms with van der Waals surface area (Å²) >= 11 is 0. The fourth-order valence-electron chi connectivity index (χ4n) is 6.09. The van der Waals surface area contributed by atoms with Gasteiger partial charge in [-0.25, -0.2) is 4.79 Å². The molecular formula is C30H38N4O5. The standard InChI is InChI=1S/C30H38N4O5/c1-5-32(15-16-38-4)13-8-14-33-28(36)30(3)19-24-23-18-22(39-6-2)11-12-25(23)31-26(24)27(34(30)29(33)37)20-9-7-10-21(35)17-20/h7,9-12,17-18,27,31,35H,5-6,8,13-16,19H2,1-4H3/t27-,30+/m1/s1. The summed E-state index contributed by atoms with van der Waals surface area (Å²) in [4.78, 5) is 37.0. The highest BCUT2D eigenvalue weighted by Gasteiger charge is 2.60. The number of urea groups is 1. The molecule has 0 saturated carbocycles. The van der Waals surface area contributed by atoms with Crippen LogP contribution < -0.4 is 4.74 Å². The van der Waals surface area contributed by atoms with E-state index in [-0.39, 0.29) is 17.7 Å². The first kappa shape index (κ1) is 27.0. The summed E-state index contributed by atoms with van der Waals surface area (Å²) < 4.78 is 11.0. The number of aromatic amines is 1. The zero-order valence-corrected chi connectivity index (χ0v) is 23.2. The average molecular weight is 535 g/mol. The topological polar surface area (TPSA) is 98.3 Å². The van der Waals surface area contributed by atoms with Gasteiger partial charge in [0.05, 0.1) is 13.2 Å². The number of ether oxygens (including phenoxy) is 2. The maximum absolute atomic E-state index is 14.0. The lowest BCUT2D eigenvalue weighted by atomic mass is 9.81. The van der Waals surface area contributed by atoms with Crippen LogP contribution in [0.4, 0.5) is 4.79 Å². The van der Waals surface area contributed by atoms with Crippen LogP contribution in [0.5, 0.6) is 11.5 Å². The van der Waals surface area contributed by atoms with Crippen molar-refractivity contribution in [2.24, 2.45) is 0 Å². The van der Waals surface area contributed by atoms with E-state index < -0.39 is 11.6 Å². The molecule has 1 saturated heterocycles. The molecule has 9 nitrogen and oxygen atoms in total. The number of nitrogens with zero attached hydrogens (tertiary/aromatic N) is 3. The van der Waals surface area contributed by atoms with E-state index in [0.29, 0.717) is 32.6 Å². The minimum Gasteiger partial charge on any atom is -0.508 e. The lowest BCUT2D eigenvalue weighted by molar-refractivity contribution is -0.133. The SMILES string of the molecule is CCOc1ccc2[nH]c3c(c2c1)C[C@@]1(C)C(=O)N(CCCN(CC)CCOC)C(=O)N1[C@@H]3c1cccc(O)c1.